The van der Waals surface area contributed by atoms with Gasteiger partial charge in [-0.1, -0.05) is 30.3 Å². The summed E-state index contributed by atoms with van der Waals surface area (Å²) in [4.78, 5) is 17.6. The first kappa shape index (κ1) is 10.7. The molecule has 0 bridgehead atoms. The normalized spacial score (nSPS) is 18.2. The molecule has 5 heteroatoms. The van der Waals surface area contributed by atoms with Gasteiger partial charge in [0.25, 0.3) is 0 Å². The van der Waals surface area contributed by atoms with Crippen molar-refractivity contribution in [3.05, 3.63) is 58.6 Å². The van der Waals surface area contributed by atoms with Crippen LogP contribution in [0.25, 0.3) is 0 Å². The number of hydrazone groups is 1. The minimum Gasteiger partial charge on any atom is -0.291 e. The molecule has 1 aliphatic heterocycles. The fourth-order valence-corrected chi connectivity index (χ4v) is 2.09. The first-order valence-corrected chi connectivity index (χ1v) is 5.76. The summed E-state index contributed by atoms with van der Waals surface area (Å²) in [5.74, 6) is 0.664. The van der Waals surface area contributed by atoms with Gasteiger partial charge in [-0.3, -0.25) is 4.98 Å². The molecule has 0 spiro atoms. The van der Waals surface area contributed by atoms with Crippen LogP contribution in [0.5, 0.6) is 0 Å². The topological polar surface area (TPSA) is 61.4 Å². The molecule has 0 amide bonds. The summed E-state index contributed by atoms with van der Waals surface area (Å²) in [7, 11) is 0. The quantitative estimate of drug-likeness (QED) is 0.869. The van der Waals surface area contributed by atoms with E-state index in [1.165, 1.54) is 11.8 Å². The summed E-state index contributed by atoms with van der Waals surface area (Å²) >= 11 is 0. The van der Waals surface area contributed by atoms with E-state index in [4.69, 9.17) is 0 Å². The van der Waals surface area contributed by atoms with Gasteiger partial charge in [0.2, 0.25) is 0 Å². The Morgan fingerprint density at radius 2 is 2.06 bits per heavy atom. The number of hydrogen-bond acceptors (Lipinski definition) is 4. The van der Waals surface area contributed by atoms with Crippen molar-refractivity contribution >= 4 is 12.0 Å². The molecule has 18 heavy (non-hydrogen) atoms. The van der Waals surface area contributed by atoms with Crippen LogP contribution in [0.1, 0.15) is 18.0 Å². The molecule has 0 radical (unpaired) electrons. The predicted molar refractivity (Wildman–Crippen MR) is 69.6 cm³/mol. The number of hydrogen-bond donors (Lipinski definition) is 1. The Bertz CT molecular complexity index is 620. The van der Waals surface area contributed by atoms with E-state index in [0.29, 0.717) is 5.82 Å². The first-order chi connectivity index (χ1) is 8.84. The third-order valence-electron chi connectivity index (χ3n) is 2.92. The number of aromatic nitrogens is 2. The van der Waals surface area contributed by atoms with Gasteiger partial charge in [0.15, 0.2) is 0 Å². The van der Waals surface area contributed by atoms with E-state index in [0.717, 1.165) is 6.42 Å². The van der Waals surface area contributed by atoms with Gasteiger partial charge in [-0.25, -0.2) is 14.8 Å². The van der Waals surface area contributed by atoms with E-state index in [-0.39, 0.29) is 11.7 Å². The second kappa shape index (κ2) is 4.44. The maximum absolute atomic E-state index is 11.2. The Labute approximate surface area is 104 Å². The molecule has 1 unspecified atom stereocenters. The van der Waals surface area contributed by atoms with E-state index in [1.807, 2.05) is 29.4 Å². The molecule has 3 rings (SSSR count). The van der Waals surface area contributed by atoms with Crippen LogP contribution in [-0.4, -0.2) is 16.2 Å². The zero-order valence-corrected chi connectivity index (χ0v) is 9.65. The summed E-state index contributed by atoms with van der Waals surface area (Å²) in [6, 6.07) is 12.0. The largest absolute Gasteiger partial charge is 0.346 e. The van der Waals surface area contributed by atoms with E-state index in [1.54, 1.807) is 6.07 Å². The van der Waals surface area contributed by atoms with Crippen LogP contribution in [0.2, 0.25) is 0 Å². The van der Waals surface area contributed by atoms with Crippen LogP contribution in [0.15, 0.2) is 52.5 Å². The van der Waals surface area contributed by atoms with Crippen molar-refractivity contribution in [2.75, 3.05) is 5.01 Å². The van der Waals surface area contributed by atoms with Crippen molar-refractivity contribution in [1.82, 2.24) is 9.97 Å². The Morgan fingerprint density at radius 3 is 2.83 bits per heavy atom. The molecule has 0 saturated carbocycles. The summed E-state index contributed by atoms with van der Waals surface area (Å²) in [5.41, 5.74) is 0.814. The van der Waals surface area contributed by atoms with Crippen LogP contribution >= 0.6 is 0 Å². The zero-order valence-electron chi connectivity index (χ0n) is 9.65. The molecular weight excluding hydrogens is 228 g/mol. The average molecular weight is 240 g/mol. The molecule has 1 aromatic carbocycles. The zero-order chi connectivity index (χ0) is 12.4. The molecule has 2 heterocycles. The molecule has 0 fully saturated rings. The lowest BCUT2D eigenvalue weighted by Gasteiger charge is -2.23. The third-order valence-corrected chi connectivity index (χ3v) is 2.92. The molecule has 1 aromatic heterocycles. The van der Waals surface area contributed by atoms with E-state index in [9.17, 15) is 4.79 Å². The van der Waals surface area contributed by atoms with Gasteiger partial charge in [-0.15, -0.1) is 0 Å². The number of H-pyrrole nitrogens is 1. The Hall–Kier alpha value is -2.43. The fraction of sp³-hybridized carbons (Fsp3) is 0.154. The highest BCUT2D eigenvalue weighted by molar-refractivity contribution is 5.66. The SMILES string of the molecule is O=c1nccc(N2N=CCC2c2ccccc2)[nH]1. The van der Waals surface area contributed by atoms with Gasteiger partial charge in [0, 0.05) is 18.8 Å². The smallest absolute Gasteiger partial charge is 0.291 e. The number of benzene rings is 1. The van der Waals surface area contributed by atoms with E-state index in [2.05, 4.69) is 27.2 Å². The van der Waals surface area contributed by atoms with Crippen LogP contribution in [0.3, 0.4) is 0 Å². The van der Waals surface area contributed by atoms with E-state index >= 15 is 0 Å². The third kappa shape index (κ3) is 1.90. The summed E-state index contributed by atoms with van der Waals surface area (Å²) in [6.07, 6.45) is 4.18. The number of nitrogens with zero attached hydrogens (tertiary/aromatic N) is 3. The highest BCUT2D eigenvalue weighted by Crippen LogP contribution is 2.30. The van der Waals surface area contributed by atoms with Crippen molar-refractivity contribution < 1.29 is 0 Å². The van der Waals surface area contributed by atoms with Gasteiger partial charge in [0.1, 0.15) is 5.82 Å². The van der Waals surface area contributed by atoms with Crippen molar-refractivity contribution in [2.45, 2.75) is 12.5 Å². The molecule has 0 saturated heterocycles. The Morgan fingerprint density at radius 1 is 1.22 bits per heavy atom. The van der Waals surface area contributed by atoms with Crippen molar-refractivity contribution in [1.29, 1.82) is 0 Å². The molecule has 0 aliphatic carbocycles. The highest BCUT2D eigenvalue weighted by atomic mass is 16.1. The van der Waals surface area contributed by atoms with Crippen LogP contribution in [0.4, 0.5) is 5.82 Å². The van der Waals surface area contributed by atoms with Gasteiger partial charge >= 0.3 is 5.69 Å². The lowest BCUT2D eigenvalue weighted by molar-refractivity contribution is 0.696. The fourth-order valence-electron chi connectivity index (χ4n) is 2.09. The standard InChI is InChI=1S/C13H12N4O/c18-13-14-8-7-12(16-13)17-11(6-9-15-17)10-4-2-1-3-5-10/h1-5,7-9,11H,6H2,(H,14,16,18). The molecule has 90 valence electrons. The first-order valence-electron chi connectivity index (χ1n) is 5.76. The second-order valence-electron chi connectivity index (χ2n) is 4.07. The molecule has 2 aromatic rings. The average Bonchev–Trinajstić information content (AvgIpc) is 2.89. The lowest BCUT2D eigenvalue weighted by atomic mass is 10.0. The predicted octanol–water partition coefficient (Wildman–Crippen LogP) is 1.71. The lowest BCUT2D eigenvalue weighted by Crippen LogP contribution is -2.22. The molecule has 1 N–H and O–H groups in total. The van der Waals surface area contributed by atoms with Crippen LogP contribution in [0, 0.1) is 0 Å². The van der Waals surface area contributed by atoms with Crippen molar-refractivity contribution in [3.63, 3.8) is 0 Å². The number of aromatic amines is 1. The Kier molecular flexibility index (Phi) is 2.64. The number of nitrogens with one attached hydrogen (secondary N) is 1. The summed E-state index contributed by atoms with van der Waals surface area (Å²) < 4.78 is 0. The maximum Gasteiger partial charge on any atom is 0.346 e. The monoisotopic (exact) mass is 240 g/mol. The Balaban J connectivity index is 1.97. The second-order valence-corrected chi connectivity index (χ2v) is 4.07. The molecular formula is C13H12N4O. The van der Waals surface area contributed by atoms with Crippen LogP contribution < -0.4 is 10.7 Å². The number of anilines is 1. The molecule has 5 nitrogen and oxygen atoms in total. The molecule has 1 atom stereocenters. The summed E-state index contributed by atoms with van der Waals surface area (Å²) in [5, 5.41) is 6.13. The van der Waals surface area contributed by atoms with Crippen molar-refractivity contribution in [3.8, 4) is 0 Å². The van der Waals surface area contributed by atoms with Crippen LogP contribution in [-0.2, 0) is 0 Å². The minimum atomic E-state index is -0.360. The molecule has 1 aliphatic rings. The van der Waals surface area contributed by atoms with Gasteiger partial charge < -0.3 is 0 Å². The number of rotatable bonds is 2. The maximum atomic E-state index is 11.2. The van der Waals surface area contributed by atoms with Gasteiger partial charge in [-0.05, 0) is 11.6 Å². The van der Waals surface area contributed by atoms with Gasteiger partial charge in [0.05, 0.1) is 6.04 Å². The van der Waals surface area contributed by atoms with Gasteiger partial charge in [-0.2, -0.15) is 5.10 Å². The van der Waals surface area contributed by atoms with E-state index < -0.39 is 0 Å². The summed E-state index contributed by atoms with van der Waals surface area (Å²) in [6.45, 7) is 0. The minimum absolute atomic E-state index is 0.129. The highest BCUT2D eigenvalue weighted by Gasteiger charge is 2.24. The van der Waals surface area contributed by atoms with Crippen molar-refractivity contribution in [2.24, 2.45) is 5.10 Å².